The number of thiazole rings is 1. The van der Waals surface area contributed by atoms with Crippen LogP contribution in [0.25, 0.3) is 10.6 Å². The van der Waals surface area contributed by atoms with Crippen molar-refractivity contribution in [3.63, 3.8) is 0 Å². The van der Waals surface area contributed by atoms with Gasteiger partial charge in [0, 0.05) is 22.2 Å². The second kappa shape index (κ2) is 9.67. The van der Waals surface area contributed by atoms with Crippen LogP contribution in [-0.4, -0.2) is 25.2 Å². The van der Waals surface area contributed by atoms with E-state index in [4.69, 9.17) is 0 Å². The average molecular weight is 518 g/mol. The highest BCUT2D eigenvalue weighted by Gasteiger charge is 2.31. The molecular weight excluding hydrogens is 494 g/mol. The summed E-state index contributed by atoms with van der Waals surface area (Å²) in [6.07, 6.45) is 3.77. The van der Waals surface area contributed by atoms with Gasteiger partial charge in [-0.3, -0.25) is 9.59 Å². The number of hydrogen-bond acceptors (Lipinski definition) is 6. The molecule has 36 heavy (non-hydrogen) atoms. The molecular formula is C27H23N3O4S2. The molecule has 0 spiro atoms. The van der Waals surface area contributed by atoms with E-state index in [2.05, 4.69) is 34.7 Å². The van der Waals surface area contributed by atoms with E-state index in [-0.39, 0.29) is 39.1 Å². The highest BCUT2D eigenvalue weighted by atomic mass is 32.2. The number of carbonyl (C=O) groups is 2. The smallest absolute Gasteiger partial charge is 0.257 e. The van der Waals surface area contributed by atoms with Gasteiger partial charge in [0.1, 0.15) is 5.01 Å². The maximum Gasteiger partial charge on any atom is 0.257 e. The molecule has 9 heteroatoms. The summed E-state index contributed by atoms with van der Waals surface area (Å²) in [6, 6.07) is 18.4. The first-order valence-electron chi connectivity index (χ1n) is 11.5. The van der Waals surface area contributed by atoms with Crippen LogP contribution in [0.4, 0.5) is 5.69 Å². The predicted molar refractivity (Wildman–Crippen MR) is 139 cm³/mol. The van der Waals surface area contributed by atoms with Crippen molar-refractivity contribution in [2.75, 3.05) is 5.32 Å². The highest BCUT2D eigenvalue weighted by Crippen LogP contribution is 2.34. The van der Waals surface area contributed by atoms with Gasteiger partial charge < -0.3 is 10.6 Å². The molecule has 4 aromatic rings. The van der Waals surface area contributed by atoms with Crippen molar-refractivity contribution in [3.8, 4) is 10.6 Å². The summed E-state index contributed by atoms with van der Waals surface area (Å²) in [7, 11) is -3.92. The summed E-state index contributed by atoms with van der Waals surface area (Å²) in [5, 5.41) is 6.40. The molecule has 0 bridgehead atoms. The van der Waals surface area contributed by atoms with Crippen LogP contribution in [0.15, 0.2) is 82.7 Å². The largest absolute Gasteiger partial charge is 0.347 e. The van der Waals surface area contributed by atoms with Gasteiger partial charge in [-0.15, -0.1) is 11.3 Å². The van der Waals surface area contributed by atoms with Gasteiger partial charge in [0.2, 0.25) is 9.84 Å². The molecule has 3 aromatic carbocycles. The monoisotopic (exact) mass is 517 g/mol. The van der Waals surface area contributed by atoms with Crippen molar-refractivity contribution < 1.29 is 18.0 Å². The van der Waals surface area contributed by atoms with Crippen LogP contribution in [0.2, 0.25) is 0 Å². The quantitative estimate of drug-likeness (QED) is 0.371. The van der Waals surface area contributed by atoms with Crippen molar-refractivity contribution in [3.05, 3.63) is 94.5 Å². The normalized spacial score (nSPS) is 13.8. The number of carbonyl (C=O) groups excluding carboxylic acids is 2. The number of rotatable bonds is 6. The minimum Gasteiger partial charge on any atom is -0.347 e. The second-order valence-corrected chi connectivity index (χ2v) is 11.4. The molecule has 0 fully saturated rings. The van der Waals surface area contributed by atoms with Gasteiger partial charge in [0.25, 0.3) is 11.8 Å². The van der Waals surface area contributed by atoms with Crippen molar-refractivity contribution in [2.24, 2.45) is 0 Å². The number of anilines is 1. The Morgan fingerprint density at radius 1 is 1.00 bits per heavy atom. The summed E-state index contributed by atoms with van der Waals surface area (Å²) >= 11 is 1.52. The fourth-order valence-electron chi connectivity index (χ4n) is 4.20. The third kappa shape index (κ3) is 4.43. The van der Waals surface area contributed by atoms with Crippen molar-refractivity contribution in [1.82, 2.24) is 10.3 Å². The Kier molecular flexibility index (Phi) is 6.42. The molecule has 1 aliphatic heterocycles. The summed E-state index contributed by atoms with van der Waals surface area (Å²) < 4.78 is 26.3. The number of aryl methyl sites for hydroxylation is 1. The lowest BCUT2D eigenvalue weighted by Crippen LogP contribution is -2.22. The fourth-order valence-corrected chi connectivity index (χ4v) is 6.70. The van der Waals surface area contributed by atoms with Gasteiger partial charge in [-0.1, -0.05) is 49.7 Å². The lowest BCUT2D eigenvalue weighted by molar-refractivity contribution is 0.0949. The second-order valence-electron chi connectivity index (χ2n) is 8.39. The van der Waals surface area contributed by atoms with E-state index < -0.39 is 15.7 Å². The lowest BCUT2D eigenvalue weighted by atomic mass is 10.0. The van der Waals surface area contributed by atoms with Crippen molar-refractivity contribution in [1.29, 1.82) is 0 Å². The molecule has 2 amide bonds. The molecule has 182 valence electrons. The number of hydrogen-bond donors (Lipinski definition) is 2. The maximum absolute atomic E-state index is 13.1. The first-order valence-corrected chi connectivity index (χ1v) is 13.8. The van der Waals surface area contributed by atoms with E-state index >= 15 is 0 Å². The molecule has 2 heterocycles. The van der Waals surface area contributed by atoms with Crippen LogP contribution in [0, 0.1) is 0 Å². The average Bonchev–Trinajstić information content (AvgIpc) is 3.33. The SMILES string of the molecule is CCCc1ccccc1-c1ncc(CNC(=O)c2ccc3c(c2)NC(=O)c2ccccc2S3(=O)=O)s1. The first kappa shape index (κ1) is 23.9. The van der Waals surface area contributed by atoms with Gasteiger partial charge in [-0.05, 0) is 42.3 Å². The standard InChI is InChI=1S/C27H23N3O4S2/c1-2-7-17-8-3-4-9-20(17)27-29-16-19(35-27)15-28-25(31)18-12-13-24-22(14-18)30-26(32)21-10-5-6-11-23(21)36(24,33)34/h3-6,8-14,16H,2,7,15H2,1H3,(H,28,31)(H,30,32). The van der Waals surface area contributed by atoms with Crippen LogP contribution in [0.1, 0.15) is 44.5 Å². The minimum atomic E-state index is -3.92. The van der Waals surface area contributed by atoms with Crippen LogP contribution < -0.4 is 10.6 Å². The Labute approximate surface area is 213 Å². The summed E-state index contributed by atoms with van der Waals surface area (Å²) in [5.41, 5.74) is 2.74. The topological polar surface area (TPSA) is 105 Å². The van der Waals surface area contributed by atoms with E-state index in [0.717, 1.165) is 28.3 Å². The number of benzene rings is 3. The van der Waals surface area contributed by atoms with E-state index in [1.807, 2.05) is 12.1 Å². The number of aromatic nitrogens is 1. The molecule has 0 saturated carbocycles. The third-order valence-corrected chi connectivity index (χ3v) is 8.85. The highest BCUT2D eigenvalue weighted by molar-refractivity contribution is 7.91. The molecule has 1 aromatic heterocycles. The van der Waals surface area contributed by atoms with Crippen LogP contribution >= 0.6 is 11.3 Å². The van der Waals surface area contributed by atoms with Gasteiger partial charge in [0.15, 0.2) is 0 Å². The van der Waals surface area contributed by atoms with E-state index in [9.17, 15) is 18.0 Å². The molecule has 0 unspecified atom stereocenters. The molecule has 1 aliphatic rings. The summed E-state index contributed by atoms with van der Waals surface area (Å²) in [5.74, 6) is -0.918. The zero-order valence-corrected chi connectivity index (χ0v) is 21.1. The Balaban J connectivity index is 1.35. The molecule has 0 radical (unpaired) electrons. The Hall–Kier alpha value is -3.82. The number of nitrogens with zero attached hydrogens (tertiary/aromatic N) is 1. The number of amides is 2. The van der Waals surface area contributed by atoms with Gasteiger partial charge in [-0.25, -0.2) is 13.4 Å². The summed E-state index contributed by atoms with van der Waals surface area (Å²) in [6.45, 7) is 2.42. The Morgan fingerprint density at radius 2 is 1.75 bits per heavy atom. The number of nitrogens with one attached hydrogen (secondary N) is 2. The predicted octanol–water partition coefficient (Wildman–Crippen LogP) is 5.09. The Bertz CT molecular complexity index is 1590. The molecule has 7 nitrogen and oxygen atoms in total. The number of fused-ring (bicyclic) bond motifs is 2. The number of sulfone groups is 1. The lowest BCUT2D eigenvalue weighted by Gasteiger charge is -2.10. The molecule has 0 saturated heterocycles. The first-order chi connectivity index (χ1) is 17.4. The van der Waals surface area contributed by atoms with Crippen LogP contribution in [0.3, 0.4) is 0 Å². The van der Waals surface area contributed by atoms with Gasteiger partial charge >= 0.3 is 0 Å². The minimum absolute atomic E-state index is 0.0461. The third-order valence-electron chi connectivity index (χ3n) is 5.94. The zero-order valence-electron chi connectivity index (χ0n) is 19.4. The van der Waals surface area contributed by atoms with Crippen LogP contribution in [-0.2, 0) is 22.8 Å². The maximum atomic E-state index is 13.1. The van der Waals surface area contributed by atoms with Gasteiger partial charge in [-0.2, -0.15) is 0 Å². The molecule has 0 aliphatic carbocycles. The van der Waals surface area contributed by atoms with Crippen LogP contribution in [0.5, 0.6) is 0 Å². The van der Waals surface area contributed by atoms with Crippen molar-refractivity contribution in [2.45, 2.75) is 36.1 Å². The fraction of sp³-hybridized carbons (Fsp3) is 0.148. The van der Waals surface area contributed by atoms with E-state index in [1.54, 1.807) is 18.3 Å². The molecule has 2 N–H and O–H groups in total. The van der Waals surface area contributed by atoms with E-state index in [1.165, 1.54) is 47.2 Å². The zero-order chi connectivity index (χ0) is 25.3. The van der Waals surface area contributed by atoms with Gasteiger partial charge in [0.05, 0.1) is 27.6 Å². The van der Waals surface area contributed by atoms with Crippen molar-refractivity contribution >= 4 is 38.7 Å². The molecule has 0 atom stereocenters. The molecule has 5 rings (SSSR count). The van der Waals surface area contributed by atoms with E-state index in [0.29, 0.717) is 0 Å². The Morgan fingerprint density at radius 3 is 2.56 bits per heavy atom. The summed E-state index contributed by atoms with van der Waals surface area (Å²) in [4.78, 5) is 30.9.